The molecule has 2 aromatic carbocycles. The second-order valence-corrected chi connectivity index (χ2v) is 4.81. The topological polar surface area (TPSA) is 50.4 Å². The number of carbonyl (C=O) groups is 1. The molecule has 0 radical (unpaired) electrons. The van der Waals surface area contributed by atoms with Crippen molar-refractivity contribution >= 4 is 28.9 Å². The minimum atomic E-state index is -2.97. The Hall–Kier alpha value is -2.41. The third-order valence-electron chi connectivity index (χ3n) is 2.75. The van der Waals surface area contributed by atoms with E-state index in [0.29, 0.717) is 0 Å². The summed E-state index contributed by atoms with van der Waals surface area (Å²) in [5, 5.41) is 5.22. The normalized spacial score (nSPS) is 10.5. The van der Waals surface area contributed by atoms with Crippen molar-refractivity contribution in [2.24, 2.45) is 0 Å². The summed E-state index contributed by atoms with van der Waals surface area (Å²) in [7, 11) is 0. The van der Waals surface area contributed by atoms with Gasteiger partial charge >= 0.3 is 6.61 Å². The predicted octanol–water partition coefficient (Wildman–Crippen LogP) is 4.13. The lowest BCUT2D eigenvalue weighted by Gasteiger charge is -2.13. The van der Waals surface area contributed by atoms with Crippen LogP contribution in [0.1, 0.15) is 0 Å². The summed E-state index contributed by atoms with van der Waals surface area (Å²) in [6, 6.07) is 9.52. The van der Waals surface area contributed by atoms with Crippen LogP contribution in [-0.2, 0) is 4.79 Å². The highest BCUT2D eigenvalue weighted by molar-refractivity contribution is 6.33. The number of hydrogen-bond acceptors (Lipinski definition) is 3. The van der Waals surface area contributed by atoms with E-state index in [1.54, 1.807) is 6.07 Å². The molecule has 23 heavy (non-hydrogen) atoms. The molecule has 0 aromatic heterocycles. The highest BCUT2D eigenvalue weighted by Crippen LogP contribution is 2.25. The number of nitrogens with one attached hydrogen (secondary N) is 2. The Morgan fingerprint density at radius 2 is 1.91 bits per heavy atom. The van der Waals surface area contributed by atoms with Crippen LogP contribution in [0.25, 0.3) is 0 Å². The Morgan fingerprint density at radius 1 is 1.17 bits per heavy atom. The number of carbonyl (C=O) groups excluding carboxylic acids is 1. The third-order valence-corrected chi connectivity index (χ3v) is 3.06. The fourth-order valence-corrected chi connectivity index (χ4v) is 1.99. The van der Waals surface area contributed by atoms with Crippen LogP contribution >= 0.6 is 11.6 Å². The molecule has 1 amide bonds. The van der Waals surface area contributed by atoms with Gasteiger partial charge in [0.2, 0.25) is 5.91 Å². The maximum Gasteiger partial charge on any atom is 0.387 e. The average Bonchev–Trinajstić information content (AvgIpc) is 2.49. The smallest absolute Gasteiger partial charge is 0.387 e. The van der Waals surface area contributed by atoms with Crippen molar-refractivity contribution in [1.82, 2.24) is 0 Å². The molecule has 8 heteroatoms. The zero-order chi connectivity index (χ0) is 16.8. The van der Waals surface area contributed by atoms with Crippen LogP contribution in [0, 0.1) is 5.82 Å². The molecule has 2 aromatic rings. The Bertz CT molecular complexity index is 698. The molecule has 0 aliphatic heterocycles. The monoisotopic (exact) mass is 344 g/mol. The molecule has 0 fully saturated rings. The molecule has 2 N–H and O–H groups in total. The van der Waals surface area contributed by atoms with Crippen molar-refractivity contribution in [3.8, 4) is 5.75 Å². The van der Waals surface area contributed by atoms with E-state index in [-0.39, 0.29) is 28.7 Å². The van der Waals surface area contributed by atoms with Crippen molar-refractivity contribution in [3.63, 3.8) is 0 Å². The number of hydrogen-bond donors (Lipinski definition) is 2. The lowest BCUT2D eigenvalue weighted by atomic mass is 10.3. The van der Waals surface area contributed by atoms with Gasteiger partial charge in [-0.1, -0.05) is 23.7 Å². The van der Waals surface area contributed by atoms with Crippen LogP contribution in [-0.4, -0.2) is 19.1 Å². The number of ether oxygens (including phenoxy) is 1. The van der Waals surface area contributed by atoms with Crippen LogP contribution in [0.15, 0.2) is 42.5 Å². The van der Waals surface area contributed by atoms with E-state index < -0.39 is 18.3 Å². The second-order valence-electron chi connectivity index (χ2n) is 4.40. The lowest BCUT2D eigenvalue weighted by Crippen LogP contribution is -2.22. The molecule has 0 atom stereocenters. The van der Waals surface area contributed by atoms with Gasteiger partial charge in [-0.25, -0.2) is 4.39 Å². The molecule has 0 unspecified atom stereocenters. The molecule has 2 rings (SSSR count). The second kappa shape index (κ2) is 7.73. The fraction of sp³-hybridized carbons (Fsp3) is 0.133. The number of benzene rings is 2. The van der Waals surface area contributed by atoms with Crippen molar-refractivity contribution < 1.29 is 22.7 Å². The minimum Gasteiger partial charge on any atom is -0.433 e. The number of alkyl halides is 2. The molecular weight excluding hydrogens is 333 g/mol. The summed E-state index contributed by atoms with van der Waals surface area (Å²) in [5.41, 5.74) is 0.491. The van der Waals surface area contributed by atoms with E-state index in [2.05, 4.69) is 15.4 Å². The number of halogens is 4. The molecule has 0 saturated carbocycles. The molecule has 0 bridgehead atoms. The Morgan fingerprint density at radius 3 is 2.61 bits per heavy atom. The third kappa shape index (κ3) is 5.07. The van der Waals surface area contributed by atoms with Gasteiger partial charge in [-0.15, -0.1) is 0 Å². The van der Waals surface area contributed by atoms with Crippen LogP contribution < -0.4 is 15.4 Å². The minimum absolute atomic E-state index is 0.0554. The molecule has 0 saturated heterocycles. The summed E-state index contributed by atoms with van der Waals surface area (Å²) in [4.78, 5) is 11.8. The summed E-state index contributed by atoms with van der Waals surface area (Å²) < 4.78 is 41.8. The van der Waals surface area contributed by atoms with Crippen LogP contribution in [0.5, 0.6) is 5.75 Å². The van der Waals surface area contributed by atoms with Crippen molar-refractivity contribution in [1.29, 1.82) is 0 Å². The van der Waals surface area contributed by atoms with Gasteiger partial charge in [0.15, 0.2) is 0 Å². The van der Waals surface area contributed by atoms with Gasteiger partial charge in [0.1, 0.15) is 11.6 Å². The van der Waals surface area contributed by atoms with Crippen molar-refractivity contribution in [3.05, 3.63) is 53.3 Å². The number of amides is 1. The maximum absolute atomic E-state index is 12.9. The van der Waals surface area contributed by atoms with E-state index in [0.717, 1.165) is 12.1 Å². The molecule has 4 nitrogen and oxygen atoms in total. The molecule has 0 aliphatic rings. The van der Waals surface area contributed by atoms with Gasteiger partial charge in [0.25, 0.3) is 0 Å². The van der Waals surface area contributed by atoms with E-state index >= 15 is 0 Å². The Balaban J connectivity index is 1.97. The average molecular weight is 345 g/mol. The van der Waals surface area contributed by atoms with Gasteiger partial charge < -0.3 is 15.4 Å². The van der Waals surface area contributed by atoms with E-state index in [4.69, 9.17) is 11.6 Å². The Labute approximate surface area is 135 Å². The van der Waals surface area contributed by atoms with Crippen molar-refractivity contribution in [2.75, 3.05) is 17.2 Å². The SMILES string of the molecule is O=C(CNc1ccccc1OC(F)F)Nc1ccc(F)cc1Cl. The first-order valence-corrected chi connectivity index (χ1v) is 6.86. The van der Waals surface area contributed by atoms with Gasteiger partial charge in [0, 0.05) is 0 Å². The zero-order valence-corrected chi connectivity index (χ0v) is 12.4. The van der Waals surface area contributed by atoms with Crippen LogP contribution in [0.4, 0.5) is 24.5 Å². The highest BCUT2D eigenvalue weighted by atomic mass is 35.5. The first-order valence-electron chi connectivity index (χ1n) is 6.48. The fourth-order valence-electron chi connectivity index (χ4n) is 1.77. The quantitative estimate of drug-likeness (QED) is 0.828. The summed E-state index contributed by atoms with van der Waals surface area (Å²) in [6.45, 7) is -3.18. The number of anilines is 2. The van der Waals surface area contributed by atoms with Gasteiger partial charge in [-0.3, -0.25) is 4.79 Å². The summed E-state index contributed by atoms with van der Waals surface area (Å²) >= 11 is 5.79. The number of rotatable bonds is 6. The summed E-state index contributed by atoms with van der Waals surface area (Å²) in [5.74, 6) is -1.08. The first-order chi connectivity index (χ1) is 11.0. The Kier molecular flexibility index (Phi) is 5.70. The predicted molar refractivity (Wildman–Crippen MR) is 81.6 cm³/mol. The van der Waals surface area contributed by atoms with E-state index in [1.807, 2.05) is 0 Å². The molecule has 0 aliphatic carbocycles. The van der Waals surface area contributed by atoms with Gasteiger partial charge in [0.05, 0.1) is 22.9 Å². The van der Waals surface area contributed by atoms with E-state index in [9.17, 15) is 18.0 Å². The lowest BCUT2D eigenvalue weighted by molar-refractivity contribution is -0.114. The van der Waals surface area contributed by atoms with Crippen LogP contribution in [0.3, 0.4) is 0 Å². The largest absolute Gasteiger partial charge is 0.433 e. The van der Waals surface area contributed by atoms with Crippen LogP contribution in [0.2, 0.25) is 5.02 Å². The molecule has 0 heterocycles. The molecule has 122 valence electrons. The van der Waals surface area contributed by atoms with Crippen molar-refractivity contribution in [2.45, 2.75) is 6.61 Å². The van der Waals surface area contributed by atoms with E-state index in [1.165, 1.54) is 24.3 Å². The maximum atomic E-state index is 12.9. The standard InChI is InChI=1S/C15H12ClF3N2O2/c16-10-7-9(17)5-6-11(10)21-14(22)8-20-12-3-1-2-4-13(12)23-15(18)19/h1-7,15,20H,8H2,(H,21,22). The van der Waals surface area contributed by atoms with Gasteiger partial charge in [-0.2, -0.15) is 8.78 Å². The number of para-hydroxylation sites is 2. The highest BCUT2D eigenvalue weighted by Gasteiger charge is 2.11. The molecular formula is C15H12ClF3N2O2. The zero-order valence-electron chi connectivity index (χ0n) is 11.7. The van der Waals surface area contributed by atoms with Gasteiger partial charge in [-0.05, 0) is 30.3 Å². The first kappa shape index (κ1) is 17.0. The summed E-state index contributed by atoms with van der Waals surface area (Å²) in [6.07, 6.45) is 0. The molecule has 0 spiro atoms.